The van der Waals surface area contributed by atoms with E-state index >= 15 is 0 Å². The maximum absolute atomic E-state index is 12.3. The first-order valence-electron chi connectivity index (χ1n) is 3.43. The lowest BCUT2D eigenvalue weighted by atomic mass is 10.2. The quantitative estimate of drug-likeness (QED) is 0.644. The largest absolute Gasteiger partial charge is 0.505 e. The minimum absolute atomic E-state index is 0.204. The van der Waals surface area contributed by atoms with E-state index in [4.69, 9.17) is 15.9 Å². The third-order valence-corrected chi connectivity index (χ3v) is 1.57. The molecule has 0 unspecified atom stereocenters. The van der Waals surface area contributed by atoms with Gasteiger partial charge in [-0.25, -0.2) is 8.78 Å². The van der Waals surface area contributed by atoms with Gasteiger partial charge in [0.25, 0.3) is 6.43 Å². The summed E-state index contributed by atoms with van der Waals surface area (Å²) in [6.45, 7) is -0.605. The molecule has 0 bridgehead atoms. The monoisotopic (exact) mass is 190 g/mol. The molecule has 4 N–H and O–H groups in total. The van der Waals surface area contributed by atoms with Crippen LogP contribution in [0.15, 0.2) is 6.20 Å². The van der Waals surface area contributed by atoms with Crippen molar-refractivity contribution in [3.63, 3.8) is 0 Å². The van der Waals surface area contributed by atoms with E-state index in [9.17, 15) is 8.78 Å². The van der Waals surface area contributed by atoms with Crippen LogP contribution in [0.5, 0.6) is 5.75 Å². The van der Waals surface area contributed by atoms with Crippen molar-refractivity contribution < 1.29 is 19.0 Å². The molecule has 0 aliphatic carbocycles. The standard InChI is InChI=1S/C7H8F2N2O2/c8-7(9)5-3(10)1-11-4(2-12)6(5)13/h1,7,12-13H,2,10H2. The van der Waals surface area contributed by atoms with Crippen molar-refractivity contribution in [2.24, 2.45) is 0 Å². The summed E-state index contributed by atoms with van der Waals surface area (Å²) in [5, 5.41) is 17.8. The van der Waals surface area contributed by atoms with Gasteiger partial charge in [-0.15, -0.1) is 0 Å². The van der Waals surface area contributed by atoms with E-state index in [1.165, 1.54) is 0 Å². The van der Waals surface area contributed by atoms with Crippen LogP contribution in [0.2, 0.25) is 0 Å². The highest BCUT2D eigenvalue weighted by atomic mass is 19.3. The zero-order chi connectivity index (χ0) is 10.0. The molecule has 0 aromatic carbocycles. The molecule has 0 amide bonds. The van der Waals surface area contributed by atoms with Crippen LogP contribution in [-0.2, 0) is 6.61 Å². The van der Waals surface area contributed by atoms with E-state index in [0.29, 0.717) is 0 Å². The summed E-state index contributed by atoms with van der Waals surface area (Å²) in [4.78, 5) is 3.48. The third-order valence-electron chi connectivity index (χ3n) is 1.57. The highest BCUT2D eigenvalue weighted by Gasteiger charge is 2.19. The minimum atomic E-state index is -2.88. The van der Waals surface area contributed by atoms with Crippen LogP contribution in [0.25, 0.3) is 0 Å². The van der Waals surface area contributed by atoms with E-state index < -0.39 is 24.3 Å². The number of nitrogens with zero attached hydrogens (tertiary/aromatic N) is 1. The van der Waals surface area contributed by atoms with Crippen LogP contribution < -0.4 is 5.73 Å². The van der Waals surface area contributed by atoms with Crippen molar-refractivity contribution >= 4 is 5.69 Å². The van der Waals surface area contributed by atoms with Gasteiger partial charge in [0.2, 0.25) is 0 Å². The van der Waals surface area contributed by atoms with Gasteiger partial charge in [0.15, 0.2) is 0 Å². The molecule has 1 heterocycles. The zero-order valence-electron chi connectivity index (χ0n) is 6.54. The lowest BCUT2D eigenvalue weighted by molar-refractivity contribution is 0.147. The summed E-state index contributed by atoms with van der Waals surface area (Å²) in [7, 11) is 0. The Kier molecular flexibility index (Phi) is 2.62. The predicted octanol–water partition coefficient (Wildman–Crippen LogP) is 0.799. The van der Waals surface area contributed by atoms with Gasteiger partial charge in [-0.2, -0.15) is 0 Å². The fraction of sp³-hybridized carbons (Fsp3) is 0.286. The minimum Gasteiger partial charge on any atom is -0.505 e. The Hall–Kier alpha value is -1.43. The number of aliphatic hydroxyl groups excluding tert-OH is 1. The second-order valence-electron chi connectivity index (χ2n) is 2.38. The Bertz CT molecular complexity index is 318. The van der Waals surface area contributed by atoms with Crippen molar-refractivity contribution in [1.82, 2.24) is 4.98 Å². The zero-order valence-corrected chi connectivity index (χ0v) is 6.54. The maximum atomic E-state index is 12.3. The summed E-state index contributed by atoms with van der Waals surface area (Å²) in [6.07, 6.45) is -1.90. The van der Waals surface area contributed by atoms with Gasteiger partial charge < -0.3 is 15.9 Å². The fourth-order valence-corrected chi connectivity index (χ4v) is 0.915. The van der Waals surface area contributed by atoms with E-state index in [0.717, 1.165) is 6.20 Å². The smallest absolute Gasteiger partial charge is 0.269 e. The summed E-state index contributed by atoms with van der Waals surface area (Å²) in [5.74, 6) is -0.738. The number of aliphatic hydroxyl groups is 1. The molecular formula is C7H8F2N2O2. The molecule has 4 nitrogen and oxygen atoms in total. The van der Waals surface area contributed by atoms with Crippen molar-refractivity contribution in [3.05, 3.63) is 17.5 Å². The molecule has 0 fully saturated rings. The molecule has 0 aliphatic heterocycles. The molecule has 0 radical (unpaired) electrons. The Morgan fingerprint density at radius 3 is 2.62 bits per heavy atom. The van der Waals surface area contributed by atoms with Crippen molar-refractivity contribution in [2.45, 2.75) is 13.0 Å². The first-order valence-corrected chi connectivity index (χ1v) is 3.43. The van der Waals surface area contributed by atoms with E-state index in [2.05, 4.69) is 4.98 Å². The topological polar surface area (TPSA) is 79.4 Å². The van der Waals surface area contributed by atoms with Gasteiger partial charge >= 0.3 is 0 Å². The molecule has 0 atom stereocenters. The van der Waals surface area contributed by atoms with Crippen LogP contribution in [0.4, 0.5) is 14.5 Å². The van der Waals surface area contributed by atoms with Crippen LogP contribution in [0.1, 0.15) is 17.7 Å². The molecule has 1 rings (SSSR count). The SMILES string of the molecule is Nc1cnc(CO)c(O)c1C(F)F. The van der Waals surface area contributed by atoms with Gasteiger partial charge in [-0.05, 0) is 0 Å². The van der Waals surface area contributed by atoms with E-state index in [1.54, 1.807) is 0 Å². The van der Waals surface area contributed by atoms with Crippen LogP contribution in [0, 0.1) is 0 Å². The molecule has 0 saturated carbocycles. The molecule has 13 heavy (non-hydrogen) atoms. The first-order chi connectivity index (χ1) is 6.07. The summed E-state index contributed by atoms with van der Waals surface area (Å²) in [6, 6.07) is 0. The third kappa shape index (κ3) is 1.67. The number of aromatic nitrogens is 1. The van der Waals surface area contributed by atoms with Gasteiger partial charge in [-0.1, -0.05) is 0 Å². The number of rotatable bonds is 2. The molecule has 1 aromatic rings. The molecule has 6 heteroatoms. The Morgan fingerprint density at radius 1 is 1.54 bits per heavy atom. The normalized spacial score (nSPS) is 10.8. The number of hydrogen-bond acceptors (Lipinski definition) is 4. The fourth-order valence-electron chi connectivity index (χ4n) is 0.915. The summed E-state index contributed by atoms with van der Waals surface area (Å²) in [5.41, 5.74) is 3.99. The van der Waals surface area contributed by atoms with Crippen LogP contribution in [0.3, 0.4) is 0 Å². The van der Waals surface area contributed by atoms with Crippen LogP contribution in [-0.4, -0.2) is 15.2 Å². The van der Waals surface area contributed by atoms with Crippen molar-refractivity contribution in [2.75, 3.05) is 5.73 Å². The highest BCUT2D eigenvalue weighted by Crippen LogP contribution is 2.34. The first kappa shape index (κ1) is 9.66. The Labute approximate surface area is 72.6 Å². The second kappa shape index (κ2) is 3.53. The van der Waals surface area contributed by atoms with Crippen LogP contribution >= 0.6 is 0 Å². The van der Waals surface area contributed by atoms with E-state index in [-0.39, 0.29) is 11.4 Å². The van der Waals surface area contributed by atoms with Crippen molar-refractivity contribution in [3.8, 4) is 5.75 Å². The molecular weight excluding hydrogens is 182 g/mol. The van der Waals surface area contributed by atoms with E-state index in [1.807, 2.05) is 0 Å². The average molecular weight is 190 g/mol. The Morgan fingerprint density at radius 2 is 2.15 bits per heavy atom. The number of anilines is 1. The maximum Gasteiger partial charge on any atom is 0.269 e. The number of nitrogen functional groups attached to an aromatic ring is 1. The number of halogens is 2. The summed E-state index contributed by atoms with van der Waals surface area (Å²) < 4.78 is 24.5. The highest BCUT2D eigenvalue weighted by molar-refractivity contribution is 5.54. The molecule has 72 valence electrons. The van der Waals surface area contributed by atoms with Gasteiger partial charge in [0.1, 0.15) is 11.4 Å². The average Bonchev–Trinajstić information content (AvgIpc) is 2.04. The molecule has 0 saturated heterocycles. The van der Waals surface area contributed by atoms with Gasteiger partial charge in [-0.3, -0.25) is 4.98 Å². The van der Waals surface area contributed by atoms with Gasteiger partial charge in [0.05, 0.1) is 24.1 Å². The number of alkyl halides is 2. The molecule has 0 aliphatic rings. The predicted molar refractivity (Wildman–Crippen MR) is 41.2 cm³/mol. The number of pyridine rings is 1. The lowest BCUT2D eigenvalue weighted by Crippen LogP contribution is -2.00. The van der Waals surface area contributed by atoms with Crippen molar-refractivity contribution in [1.29, 1.82) is 0 Å². The number of nitrogens with two attached hydrogens (primary N) is 1. The second-order valence-corrected chi connectivity index (χ2v) is 2.38. The summed E-state index contributed by atoms with van der Waals surface area (Å²) >= 11 is 0. The lowest BCUT2D eigenvalue weighted by Gasteiger charge is -2.08. The molecule has 0 spiro atoms. The van der Waals surface area contributed by atoms with Gasteiger partial charge in [0, 0.05) is 0 Å². The molecule has 1 aromatic heterocycles. The number of hydrogen-bond donors (Lipinski definition) is 3. The number of aromatic hydroxyl groups is 1. The Balaban J connectivity index is 3.30.